The van der Waals surface area contributed by atoms with Gasteiger partial charge in [0, 0.05) is 13.1 Å². The molecule has 0 unspecified atom stereocenters. The summed E-state index contributed by atoms with van der Waals surface area (Å²) in [4.78, 5) is 40.1. The van der Waals surface area contributed by atoms with Gasteiger partial charge in [-0.3, -0.25) is 9.59 Å². The highest BCUT2D eigenvalue weighted by Gasteiger charge is 2.38. The Labute approximate surface area is 259 Å². The quantitative estimate of drug-likeness (QED) is 0.252. The van der Waals surface area contributed by atoms with Crippen LogP contribution < -0.4 is 20.4 Å². The maximum atomic E-state index is 14.2. The number of anilines is 2. The third-order valence-corrected chi connectivity index (χ3v) is 7.59. The maximum absolute atomic E-state index is 14.2. The van der Waals surface area contributed by atoms with Crippen molar-refractivity contribution in [3.05, 3.63) is 108 Å². The van der Waals surface area contributed by atoms with Gasteiger partial charge in [-0.2, -0.15) is 13.2 Å². The van der Waals surface area contributed by atoms with Gasteiger partial charge in [0.15, 0.2) is 0 Å². The molecule has 0 bridgehead atoms. The van der Waals surface area contributed by atoms with E-state index in [0.29, 0.717) is 13.1 Å². The van der Waals surface area contributed by atoms with Gasteiger partial charge in [0.25, 0.3) is 5.91 Å². The fourth-order valence-electron chi connectivity index (χ4n) is 5.08. The molecule has 0 aromatic heterocycles. The maximum Gasteiger partial charge on any atom is 0.490 e. The Hall–Kier alpha value is -4.90. The number of carbonyl (C=O) groups excluding carboxylic acids is 2. The van der Waals surface area contributed by atoms with E-state index in [1.807, 2.05) is 59.5 Å². The molecule has 1 heterocycles. The molecule has 11 heteroatoms. The van der Waals surface area contributed by atoms with Gasteiger partial charge >= 0.3 is 12.1 Å². The number of nitrogens with zero attached hydrogens (tertiary/aromatic N) is 2. The number of fused-ring (bicyclic) bond motifs is 2. The number of aliphatic carboxylic acids is 1. The zero-order chi connectivity index (χ0) is 32.6. The number of alkyl halides is 3. The van der Waals surface area contributed by atoms with Crippen molar-refractivity contribution >= 4 is 39.9 Å². The Morgan fingerprint density at radius 1 is 0.911 bits per heavy atom. The Kier molecular flexibility index (Phi) is 10.8. The van der Waals surface area contributed by atoms with E-state index >= 15 is 0 Å². The standard InChI is InChI=1S/C32H34N4O2.C2HF3O2/c1-23(33-2)31(37)34-28-22-35(20-19-24-11-4-3-5-12-24)29-17-8-9-18-30(29)36(32(28)38)21-26-15-10-14-25-13-6-7-16-27(25)26;3-2(4,5)1(6)7/h3-18,23,28,33H,19-22H2,1-2H3,(H,34,37);(H,6,7)/t23-,28-;/m0./s1. The Morgan fingerprint density at radius 2 is 1.51 bits per heavy atom. The second-order valence-corrected chi connectivity index (χ2v) is 10.6. The van der Waals surface area contributed by atoms with Gasteiger partial charge in [-0.25, -0.2) is 4.79 Å². The predicted molar refractivity (Wildman–Crippen MR) is 168 cm³/mol. The number of likely N-dealkylation sites (N-methyl/N-ethyl adjacent to an activating group) is 1. The van der Waals surface area contributed by atoms with Crippen molar-refractivity contribution in [3.63, 3.8) is 0 Å². The van der Waals surface area contributed by atoms with E-state index in [4.69, 9.17) is 9.90 Å². The molecule has 2 atom stereocenters. The molecule has 45 heavy (non-hydrogen) atoms. The third-order valence-electron chi connectivity index (χ3n) is 7.59. The lowest BCUT2D eigenvalue weighted by Crippen LogP contribution is -2.55. The molecule has 0 radical (unpaired) electrons. The highest BCUT2D eigenvalue weighted by Crippen LogP contribution is 2.35. The van der Waals surface area contributed by atoms with Gasteiger partial charge in [0.2, 0.25) is 5.91 Å². The van der Waals surface area contributed by atoms with Crippen LogP contribution in [0.3, 0.4) is 0 Å². The predicted octanol–water partition coefficient (Wildman–Crippen LogP) is 5.16. The fraction of sp³-hybridized carbons (Fsp3) is 0.265. The van der Waals surface area contributed by atoms with Gasteiger partial charge in [-0.15, -0.1) is 0 Å². The molecule has 4 aromatic rings. The number of carboxylic acid groups (broad SMARTS) is 1. The van der Waals surface area contributed by atoms with Crippen molar-refractivity contribution in [1.29, 1.82) is 0 Å². The lowest BCUT2D eigenvalue weighted by Gasteiger charge is -2.27. The molecule has 0 saturated carbocycles. The van der Waals surface area contributed by atoms with Crippen molar-refractivity contribution in [1.82, 2.24) is 10.6 Å². The SMILES string of the molecule is CN[C@@H](C)C(=O)N[C@H]1CN(CCc2ccccc2)c2ccccc2N(Cc2cccc3ccccc23)C1=O.O=C(O)C(F)(F)F. The smallest absolute Gasteiger partial charge is 0.475 e. The number of hydrogen-bond donors (Lipinski definition) is 3. The first-order valence-corrected chi connectivity index (χ1v) is 14.4. The summed E-state index contributed by atoms with van der Waals surface area (Å²) >= 11 is 0. The minimum Gasteiger partial charge on any atom is -0.475 e. The molecule has 2 amide bonds. The van der Waals surface area contributed by atoms with Gasteiger partial charge in [0.1, 0.15) is 6.04 Å². The molecular formula is C34H35F3N4O4. The Balaban J connectivity index is 0.000000591. The van der Waals surface area contributed by atoms with Crippen molar-refractivity contribution in [2.75, 3.05) is 29.9 Å². The first-order chi connectivity index (χ1) is 21.5. The monoisotopic (exact) mass is 620 g/mol. The zero-order valence-corrected chi connectivity index (χ0v) is 24.9. The normalized spacial score (nSPS) is 15.4. The summed E-state index contributed by atoms with van der Waals surface area (Å²) in [5, 5.41) is 15.4. The van der Waals surface area contributed by atoms with Crippen LogP contribution in [0.1, 0.15) is 18.1 Å². The van der Waals surface area contributed by atoms with E-state index in [2.05, 4.69) is 58.0 Å². The van der Waals surface area contributed by atoms with Gasteiger partial charge in [-0.1, -0.05) is 84.9 Å². The first kappa shape index (κ1) is 33.0. The lowest BCUT2D eigenvalue weighted by atomic mass is 10.0. The van der Waals surface area contributed by atoms with Crippen LogP contribution in [0.4, 0.5) is 24.5 Å². The largest absolute Gasteiger partial charge is 0.490 e. The highest BCUT2D eigenvalue weighted by atomic mass is 19.4. The van der Waals surface area contributed by atoms with Crippen LogP contribution in [-0.2, 0) is 27.3 Å². The molecular weight excluding hydrogens is 585 g/mol. The van der Waals surface area contributed by atoms with Crippen LogP contribution in [0.5, 0.6) is 0 Å². The molecule has 0 aliphatic carbocycles. The first-order valence-electron chi connectivity index (χ1n) is 14.4. The van der Waals surface area contributed by atoms with Gasteiger partial charge in [0.05, 0.1) is 24.0 Å². The summed E-state index contributed by atoms with van der Waals surface area (Å²) in [7, 11) is 1.74. The van der Waals surface area contributed by atoms with Crippen molar-refractivity contribution < 1.29 is 32.7 Å². The van der Waals surface area contributed by atoms with E-state index < -0.39 is 24.2 Å². The lowest BCUT2D eigenvalue weighted by molar-refractivity contribution is -0.192. The second-order valence-electron chi connectivity index (χ2n) is 10.6. The van der Waals surface area contributed by atoms with Crippen molar-refractivity contribution in [2.24, 2.45) is 0 Å². The van der Waals surface area contributed by atoms with Crippen LogP contribution in [0, 0.1) is 0 Å². The Bertz CT molecular complexity index is 1630. The van der Waals surface area contributed by atoms with Crippen molar-refractivity contribution in [2.45, 2.75) is 38.1 Å². The number of para-hydroxylation sites is 2. The molecule has 1 aliphatic heterocycles. The van der Waals surface area contributed by atoms with E-state index in [9.17, 15) is 22.8 Å². The number of benzene rings is 4. The van der Waals surface area contributed by atoms with Crippen molar-refractivity contribution in [3.8, 4) is 0 Å². The average molecular weight is 621 g/mol. The molecule has 0 saturated heterocycles. The molecule has 236 valence electrons. The molecule has 3 N–H and O–H groups in total. The molecule has 1 aliphatic rings. The highest BCUT2D eigenvalue weighted by molar-refractivity contribution is 6.04. The van der Waals surface area contributed by atoms with E-state index in [0.717, 1.165) is 40.7 Å². The number of rotatable bonds is 8. The Morgan fingerprint density at radius 3 is 2.18 bits per heavy atom. The van der Waals surface area contributed by atoms with Crippen LogP contribution in [-0.4, -0.2) is 61.3 Å². The summed E-state index contributed by atoms with van der Waals surface area (Å²) in [6.45, 7) is 3.34. The van der Waals surface area contributed by atoms with Crippen LogP contribution in [0.25, 0.3) is 10.8 Å². The van der Waals surface area contributed by atoms with E-state index in [1.165, 1.54) is 5.56 Å². The summed E-state index contributed by atoms with van der Waals surface area (Å²) in [6.07, 6.45) is -4.25. The van der Waals surface area contributed by atoms with E-state index in [1.54, 1.807) is 14.0 Å². The average Bonchev–Trinajstić information content (AvgIpc) is 3.14. The summed E-state index contributed by atoms with van der Waals surface area (Å²) < 4.78 is 31.7. The molecule has 0 fully saturated rings. The van der Waals surface area contributed by atoms with Gasteiger partial charge < -0.3 is 25.5 Å². The molecule has 4 aromatic carbocycles. The minimum absolute atomic E-state index is 0.107. The number of carboxylic acids is 1. The number of halogens is 3. The second kappa shape index (κ2) is 14.7. The molecule has 5 rings (SSSR count). The third kappa shape index (κ3) is 8.39. The zero-order valence-electron chi connectivity index (χ0n) is 24.9. The van der Waals surface area contributed by atoms with E-state index in [-0.39, 0.29) is 11.8 Å². The summed E-state index contributed by atoms with van der Waals surface area (Å²) in [5.41, 5.74) is 4.16. The van der Waals surface area contributed by atoms with Crippen LogP contribution in [0.2, 0.25) is 0 Å². The minimum atomic E-state index is -5.08. The number of nitrogens with one attached hydrogen (secondary N) is 2. The van der Waals surface area contributed by atoms with Crippen LogP contribution in [0.15, 0.2) is 97.1 Å². The molecule has 0 spiro atoms. The summed E-state index contributed by atoms with van der Waals surface area (Å²) in [5.74, 6) is -3.05. The van der Waals surface area contributed by atoms with Gasteiger partial charge in [-0.05, 0) is 54.4 Å². The molecule has 8 nitrogen and oxygen atoms in total. The fourth-order valence-corrected chi connectivity index (χ4v) is 5.08. The number of carbonyl (C=O) groups is 3. The summed E-state index contributed by atoms with van der Waals surface area (Å²) in [6, 6.07) is 31.8. The number of amides is 2. The topological polar surface area (TPSA) is 102 Å². The van der Waals surface area contributed by atoms with Crippen LogP contribution >= 0.6 is 0 Å². The number of hydrogen-bond acceptors (Lipinski definition) is 5.